The van der Waals surface area contributed by atoms with Crippen molar-refractivity contribution in [1.82, 2.24) is 9.88 Å². The highest BCUT2D eigenvalue weighted by Crippen LogP contribution is 2.18. The number of rotatable bonds is 5. The number of anilines is 1. The summed E-state index contributed by atoms with van der Waals surface area (Å²) in [6.07, 6.45) is 2.81. The van der Waals surface area contributed by atoms with Crippen molar-refractivity contribution >= 4 is 17.4 Å². The molecule has 3 nitrogen and oxygen atoms in total. The first-order valence-corrected chi connectivity index (χ1v) is 5.49. The molecule has 1 unspecified atom stereocenters. The highest BCUT2D eigenvalue weighted by Gasteiger charge is 2.05. The van der Waals surface area contributed by atoms with Gasteiger partial charge in [0.05, 0.1) is 5.02 Å². The zero-order valence-electron chi connectivity index (χ0n) is 9.50. The lowest BCUT2D eigenvalue weighted by Crippen LogP contribution is -2.23. The van der Waals surface area contributed by atoms with Crippen LogP contribution in [0.2, 0.25) is 5.02 Å². The van der Waals surface area contributed by atoms with E-state index in [1.54, 1.807) is 6.20 Å². The van der Waals surface area contributed by atoms with Crippen molar-refractivity contribution in [2.75, 3.05) is 26.0 Å². The molecule has 0 aliphatic carbocycles. The Labute approximate surface area is 96.5 Å². The van der Waals surface area contributed by atoms with Gasteiger partial charge >= 0.3 is 0 Å². The minimum atomic E-state index is 0.375. The van der Waals surface area contributed by atoms with E-state index in [1.165, 1.54) is 0 Å². The molecule has 1 rings (SSSR count). The molecule has 84 valence electrons. The van der Waals surface area contributed by atoms with Gasteiger partial charge in [-0.25, -0.2) is 4.98 Å². The van der Waals surface area contributed by atoms with E-state index in [-0.39, 0.29) is 0 Å². The quantitative estimate of drug-likeness (QED) is 0.838. The van der Waals surface area contributed by atoms with Crippen LogP contribution >= 0.6 is 11.6 Å². The van der Waals surface area contributed by atoms with Crippen molar-refractivity contribution in [3.05, 3.63) is 23.4 Å². The molecule has 4 heteroatoms. The normalized spacial score (nSPS) is 12.9. The summed E-state index contributed by atoms with van der Waals surface area (Å²) in [6, 6.07) is 4.05. The second kappa shape index (κ2) is 5.93. The van der Waals surface area contributed by atoms with E-state index in [1.807, 2.05) is 12.1 Å². The highest BCUT2D eigenvalue weighted by atomic mass is 35.5. The SMILES string of the molecule is CC(CCN(C)C)Nc1ncccc1Cl. The van der Waals surface area contributed by atoms with Gasteiger partial charge in [0.1, 0.15) is 5.82 Å². The Morgan fingerprint density at radius 2 is 2.27 bits per heavy atom. The topological polar surface area (TPSA) is 28.2 Å². The van der Waals surface area contributed by atoms with E-state index in [0.29, 0.717) is 11.1 Å². The zero-order chi connectivity index (χ0) is 11.3. The lowest BCUT2D eigenvalue weighted by Gasteiger charge is -2.17. The van der Waals surface area contributed by atoms with Crippen LogP contribution in [0.25, 0.3) is 0 Å². The van der Waals surface area contributed by atoms with Gasteiger partial charge in [0.15, 0.2) is 0 Å². The summed E-state index contributed by atoms with van der Waals surface area (Å²) in [6.45, 7) is 3.19. The minimum Gasteiger partial charge on any atom is -0.366 e. The largest absolute Gasteiger partial charge is 0.366 e. The third-order valence-corrected chi connectivity index (χ3v) is 2.46. The van der Waals surface area contributed by atoms with E-state index in [4.69, 9.17) is 11.6 Å². The van der Waals surface area contributed by atoms with E-state index < -0.39 is 0 Å². The summed E-state index contributed by atoms with van der Waals surface area (Å²) in [4.78, 5) is 6.35. The van der Waals surface area contributed by atoms with Gasteiger partial charge in [0, 0.05) is 12.2 Å². The van der Waals surface area contributed by atoms with Crippen LogP contribution in [0.5, 0.6) is 0 Å². The molecule has 0 aromatic carbocycles. The van der Waals surface area contributed by atoms with Crippen LogP contribution in [-0.2, 0) is 0 Å². The standard InChI is InChI=1S/C11H18ClN3/c1-9(6-8-15(2)3)14-11-10(12)5-4-7-13-11/h4-5,7,9H,6,8H2,1-3H3,(H,13,14). The molecule has 0 radical (unpaired) electrons. The smallest absolute Gasteiger partial charge is 0.144 e. The molecule has 0 spiro atoms. The minimum absolute atomic E-state index is 0.375. The van der Waals surface area contributed by atoms with E-state index in [9.17, 15) is 0 Å². The lowest BCUT2D eigenvalue weighted by molar-refractivity contribution is 0.390. The predicted molar refractivity (Wildman–Crippen MR) is 65.5 cm³/mol. The maximum absolute atomic E-state index is 6.00. The van der Waals surface area contributed by atoms with Crippen molar-refractivity contribution in [3.63, 3.8) is 0 Å². The maximum atomic E-state index is 6.00. The Kier molecular flexibility index (Phi) is 4.85. The summed E-state index contributed by atoms with van der Waals surface area (Å²) < 4.78 is 0. The monoisotopic (exact) mass is 227 g/mol. The molecule has 0 saturated heterocycles. The van der Waals surface area contributed by atoms with Crippen molar-refractivity contribution in [3.8, 4) is 0 Å². The maximum Gasteiger partial charge on any atom is 0.144 e. The van der Waals surface area contributed by atoms with E-state index in [0.717, 1.165) is 18.8 Å². The second-order valence-electron chi connectivity index (χ2n) is 3.97. The summed E-state index contributed by atoms with van der Waals surface area (Å²) in [7, 11) is 4.14. The molecule has 0 saturated carbocycles. The van der Waals surface area contributed by atoms with Gasteiger partial charge in [0.25, 0.3) is 0 Å². The number of halogens is 1. The molecular formula is C11H18ClN3. The van der Waals surface area contributed by atoms with Crippen LogP contribution in [0.1, 0.15) is 13.3 Å². The number of nitrogens with one attached hydrogen (secondary N) is 1. The Balaban J connectivity index is 2.44. The van der Waals surface area contributed by atoms with Crippen molar-refractivity contribution in [1.29, 1.82) is 0 Å². The molecule has 0 bridgehead atoms. The number of hydrogen-bond donors (Lipinski definition) is 1. The van der Waals surface area contributed by atoms with Gasteiger partial charge in [-0.15, -0.1) is 0 Å². The van der Waals surface area contributed by atoms with Crippen molar-refractivity contribution in [2.24, 2.45) is 0 Å². The van der Waals surface area contributed by atoms with E-state index in [2.05, 4.69) is 36.2 Å². The molecule has 1 heterocycles. The van der Waals surface area contributed by atoms with Crippen LogP contribution < -0.4 is 5.32 Å². The molecule has 0 amide bonds. The summed E-state index contributed by atoms with van der Waals surface area (Å²) >= 11 is 6.00. The first kappa shape index (κ1) is 12.3. The fraction of sp³-hybridized carbons (Fsp3) is 0.545. The Bertz CT molecular complexity index is 302. The Morgan fingerprint density at radius 1 is 1.53 bits per heavy atom. The number of nitrogens with zero attached hydrogens (tertiary/aromatic N) is 2. The molecule has 0 fully saturated rings. The van der Waals surface area contributed by atoms with Crippen LogP contribution in [0.4, 0.5) is 5.82 Å². The highest BCUT2D eigenvalue weighted by molar-refractivity contribution is 6.32. The second-order valence-corrected chi connectivity index (χ2v) is 4.38. The summed E-state index contributed by atoms with van der Waals surface area (Å²) in [5, 5.41) is 3.97. The van der Waals surface area contributed by atoms with Crippen LogP contribution in [0.15, 0.2) is 18.3 Å². The zero-order valence-corrected chi connectivity index (χ0v) is 10.3. The first-order chi connectivity index (χ1) is 7.09. The van der Waals surface area contributed by atoms with Crippen molar-refractivity contribution in [2.45, 2.75) is 19.4 Å². The van der Waals surface area contributed by atoms with Gasteiger partial charge in [-0.3, -0.25) is 0 Å². The molecule has 15 heavy (non-hydrogen) atoms. The molecule has 1 atom stereocenters. The fourth-order valence-corrected chi connectivity index (χ4v) is 1.43. The van der Waals surface area contributed by atoms with Gasteiger partial charge in [0.2, 0.25) is 0 Å². The van der Waals surface area contributed by atoms with Gasteiger partial charge in [-0.05, 0) is 46.1 Å². The Hall–Kier alpha value is -0.800. The lowest BCUT2D eigenvalue weighted by atomic mass is 10.2. The third kappa shape index (κ3) is 4.49. The van der Waals surface area contributed by atoms with Crippen LogP contribution in [0.3, 0.4) is 0 Å². The fourth-order valence-electron chi connectivity index (χ4n) is 1.25. The first-order valence-electron chi connectivity index (χ1n) is 5.11. The number of hydrogen-bond acceptors (Lipinski definition) is 3. The van der Waals surface area contributed by atoms with Gasteiger partial charge in [-0.2, -0.15) is 0 Å². The third-order valence-electron chi connectivity index (χ3n) is 2.15. The molecule has 1 aromatic heterocycles. The Morgan fingerprint density at radius 3 is 2.87 bits per heavy atom. The predicted octanol–water partition coefficient (Wildman–Crippen LogP) is 2.49. The van der Waals surface area contributed by atoms with Crippen LogP contribution in [-0.4, -0.2) is 36.6 Å². The number of pyridine rings is 1. The van der Waals surface area contributed by atoms with Gasteiger partial charge in [-0.1, -0.05) is 11.6 Å². The molecule has 0 aliphatic rings. The van der Waals surface area contributed by atoms with Crippen LogP contribution in [0, 0.1) is 0 Å². The molecule has 1 N–H and O–H groups in total. The number of aromatic nitrogens is 1. The average molecular weight is 228 g/mol. The molecule has 1 aromatic rings. The van der Waals surface area contributed by atoms with E-state index >= 15 is 0 Å². The van der Waals surface area contributed by atoms with Gasteiger partial charge < -0.3 is 10.2 Å². The molecular weight excluding hydrogens is 210 g/mol. The summed E-state index contributed by atoms with van der Waals surface area (Å²) in [5.74, 6) is 0.769. The summed E-state index contributed by atoms with van der Waals surface area (Å²) in [5.41, 5.74) is 0. The average Bonchev–Trinajstić information content (AvgIpc) is 2.18. The van der Waals surface area contributed by atoms with Crippen molar-refractivity contribution < 1.29 is 0 Å². The molecule has 0 aliphatic heterocycles.